The monoisotopic (exact) mass is 833 g/mol. The summed E-state index contributed by atoms with van der Waals surface area (Å²) in [5.41, 5.74) is 16.2. The Morgan fingerprint density at radius 3 is 1.30 bits per heavy atom. The molecule has 4 heterocycles. The molecule has 0 bridgehead atoms. The first-order valence-corrected chi connectivity index (χ1v) is 22.5. The second kappa shape index (κ2) is 13.7. The lowest BCUT2D eigenvalue weighted by molar-refractivity contribution is 0.668. The van der Waals surface area contributed by atoms with Crippen LogP contribution in [0.2, 0.25) is 0 Å². The summed E-state index contributed by atoms with van der Waals surface area (Å²) in [6.45, 7) is 0. The minimum Gasteiger partial charge on any atom is -0.456 e. The summed E-state index contributed by atoms with van der Waals surface area (Å²) in [4.78, 5) is 0. The van der Waals surface area contributed by atoms with E-state index in [2.05, 4.69) is 205 Å². The van der Waals surface area contributed by atoms with E-state index in [1.807, 2.05) is 23.5 Å². The number of thiophene rings is 1. The fourth-order valence-corrected chi connectivity index (χ4v) is 11.3. The molecule has 3 nitrogen and oxygen atoms in total. The van der Waals surface area contributed by atoms with Gasteiger partial charge in [0.15, 0.2) is 0 Å². The molecule has 0 saturated heterocycles. The fraction of sp³-hybridized carbons (Fsp3) is 0. The minimum absolute atomic E-state index is 0.883. The molecule has 0 fully saturated rings. The molecule has 0 spiro atoms. The Kier molecular flexibility index (Phi) is 7.56. The van der Waals surface area contributed by atoms with Crippen molar-refractivity contribution in [2.75, 3.05) is 0 Å². The van der Waals surface area contributed by atoms with Gasteiger partial charge in [0.2, 0.25) is 0 Å². The van der Waals surface area contributed by atoms with Crippen LogP contribution in [0, 0.1) is 0 Å². The third-order valence-corrected chi connectivity index (χ3v) is 14.3. The molecule has 0 aliphatic heterocycles. The molecule has 0 aliphatic carbocycles. The lowest BCUT2D eigenvalue weighted by Crippen LogP contribution is -1.98. The maximum absolute atomic E-state index is 6.39. The maximum Gasteiger partial charge on any atom is 0.135 e. The average molecular weight is 834 g/mol. The van der Waals surface area contributed by atoms with E-state index in [0.29, 0.717) is 0 Å². The number of rotatable bonds is 5. The smallest absolute Gasteiger partial charge is 0.135 e. The van der Waals surface area contributed by atoms with Crippen LogP contribution in [0.3, 0.4) is 0 Å². The SMILES string of the molecule is c1ccc(-c2cc(-c3ccc4oc5ccccc5c4c3)c3c(c2)c2cc(-c4ccccc4)cc(-c4ccc5oc6ccccc6c5c4)c2n3-c2ccc3c(c2)sc2ccccc23)cc1. The van der Waals surface area contributed by atoms with E-state index >= 15 is 0 Å². The van der Waals surface area contributed by atoms with Crippen LogP contribution in [0.15, 0.2) is 221 Å². The van der Waals surface area contributed by atoms with Crippen molar-refractivity contribution in [1.29, 1.82) is 0 Å². The number of aromatic nitrogens is 1. The Balaban J connectivity index is 1.17. The third-order valence-electron chi connectivity index (χ3n) is 13.2. The summed E-state index contributed by atoms with van der Waals surface area (Å²) in [5, 5.41) is 9.38. The predicted molar refractivity (Wildman–Crippen MR) is 270 cm³/mol. The minimum atomic E-state index is 0.883. The Morgan fingerprint density at radius 1 is 0.281 bits per heavy atom. The zero-order chi connectivity index (χ0) is 41.9. The van der Waals surface area contributed by atoms with Gasteiger partial charge in [0, 0.05) is 69.3 Å². The number of furan rings is 2. The molecule has 0 atom stereocenters. The molecule has 0 saturated carbocycles. The highest BCUT2D eigenvalue weighted by molar-refractivity contribution is 7.25. The van der Waals surface area contributed by atoms with Gasteiger partial charge in [0.25, 0.3) is 0 Å². The summed E-state index contributed by atoms with van der Waals surface area (Å²) in [6, 6.07) is 77.2. The van der Waals surface area contributed by atoms with Crippen molar-refractivity contribution in [3.05, 3.63) is 212 Å². The molecule has 14 rings (SSSR count). The van der Waals surface area contributed by atoms with Crippen LogP contribution in [0.25, 0.3) is 136 Å². The van der Waals surface area contributed by atoms with Crippen LogP contribution in [0.4, 0.5) is 0 Å². The largest absolute Gasteiger partial charge is 0.456 e. The number of benzene rings is 10. The van der Waals surface area contributed by atoms with E-state index in [9.17, 15) is 0 Å². The number of hydrogen-bond donors (Lipinski definition) is 0. The van der Waals surface area contributed by atoms with Gasteiger partial charge in [-0.1, -0.05) is 133 Å². The number of fused-ring (bicyclic) bond motifs is 12. The third kappa shape index (κ3) is 5.33. The lowest BCUT2D eigenvalue weighted by atomic mass is 9.92. The molecule has 0 N–H and O–H groups in total. The zero-order valence-corrected chi connectivity index (χ0v) is 35.2. The number of hydrogen-bond acceptors (Lipinski definition) is 3. The van der Waals surface area contributed by atoms with E-state index in [-0.39, 0.29) is 0 Å². The van der Waals surface area contributed by atoms with Gasteiger partial charge in [-0.05, 0) is 112 Å². The van der Waals surface area contributed by atoms with Crippen LogP contribution in [0.1, 0.15) is 0 Å². The van der Waals surface area contributed by atoms with Crippen molar-refractivity contribution < 1.29 is 8.83 Å². The molecule has 4 aromatic heterocycles. The van der Waals surface area contributed by atoms with E-state index in [4.69, 9.17) is 8.83 Å². The molecule has 0 amide bonds. The predicted octanol–water partition coefficient (Wildman–Crippen LogP) is 17.6. The topological polar surface area (TPSA) is 31.2 Å². The van der Waals surface area contributed by atoms with Gasteiger partial charge in [0.1, 0.15) is 22.3 Å². The molecule has 0 radical (unpaired) electrons. The van der Waals surface area contributed by atoms with Crippen molar-refractivity contribution in [3.63, 3.8) is 0 Å². The zero-order valence-electron chi connectivity index (χ0n) is 34.4. The van der Waals surface area contributed by atoms with Crippen LogP contribution in [0.5, 0.6) is 0 Å². The van der Waals surface area contributed by atoms with Gasteiger partial charge in [-0.25, -0.2) is 0 Å². The van der Waals surface area contributed by atoms with E-state index in [0.717, 1.165) is 94.0 Å². The van der Waals surface area contributed by atoms with Gasteiger partial charge in [-0.2, -0.15) is 0 Å². The van der Waals surface area contributed by atoms with Crippen molar-refractivity contribution in [2.24, 2.45) is 0 Å². The highest BCUT2D eigenvalue weighted by Gasteiger charge is 2.24. The summed E-state index contributed by atoms with van der Waals surface area (Å²) >= 11 is 1.86. The molecule has 64 heavy (non-hydrogen) atoms. The summed E-state index contributed by atoms with van der Waals surface area (Å²) in [7, 11) is 0. The van der Waals surface area contributed by atoms with Gasteiger partial charge in [-0.15, -0.1) is 11.3 Å². The molecule has 10 aromatic carbocycles. The highest BCUT2D eigenvalue weighted by Crippen LogP contribution is 2.48. The van der Waals surface area contributed by atoms with Crippen molar-refractivity contribution in [1.82, 2.24) is 4.57 Å². The van der Waals surface area contributed by atoms with E-state index in [1.165, 1.54) is 42.1 Å². The first-order valence-electron chi connectivity index (χ1n) is 21.7. The number of para-hydroxylation sites is 2. The molecular weight excluding hydrogens is 799 g/mol. The van der Waals surface area contributed by atoms with Gasteiger partial charge < -0.3 is 13.4 Å². The normalized spacial score (nSPS) is 12.1. The maximum atomic E-state index is 6.39. The quantitative estimate of drug-likeness (QED) is 0.173. The molecule has 14 aromatic rings. The summed E-state index contributed by atoms with van der Waals surface area (Å²) in [6.07, 6.45) is 0. The second-order valence-corrected chi connectivity index (χ2v) is 17.9. The number of nitrogens with zero attached hydrogens (tertiary/aromatic N) is 1. The lowest BCUT2D eigenvalue weighted by Gasteiger charge is -2.16. The van der Waals surface area contributed by atoms with Crippen molar-refractivity contribution >= 4 is 97.2 Å². The molecule has 298 valence electrons. The van der Waals surface area contributed by atoms with E-state index < -0.39 is 0 Å². The first-order chi connectivity index (χ1) is 31.7. The molecule has 4 heteroatoms. The van der Waals surface area contributed by atoms with Crippen molar-refractivity contribution in [3.8, 4) is 50.2 Å². The Hall–Kier alpha value is -8.18. The Labute approximate surface area is 371 Å². The van der Waals surface area contributed by atoms with Crippen LogP contribution in [-0.2, 0) is 0 Å². The van der Waals surface area contributed by atoms with Crippen LogP contribution in [-0.4, -0.2) is 4.57 Å². The average Bonchev–Trinajstić information content (AvgIpc) is 4.12. The molecule has 0 aliphatic rings. The van der Waals surface area contributed by atoms with Crippen LogP contribution >= 0.6 is 11.3 Å². The van der Waals surface area contributed by atoms with Gasteiger partial charge in [-0.3, -0.25) is 0 Å². The molecular formula is C60H35NO2S. The summed E-state index contributed by atoms with van der Waals surface area (Å²) in [5.74, 6) is 0. The summed E-state index contributed by atoms with van der Waals surface area (Å²) < 4.78 is 17.9. The molecule has 0 unspecified atom stereocenters. The van der Waals surface area contributed by atoms with E-state index in [1.54, 1.807) is 0 Å². The standard InChI is InChI=1S/C60H35NO2S/c1-3-13-36(14-4-1)40-31-47(38-23-27-55-49(29-38)43-17-7-10-20-53(43)62-55)59-51(33-40)52-34-41(37-15-5-2-6-16-37)32-48(39-24-28-56-50(30-39)44-18-8-11-21-54(44)63-56)60(52)61(59)42-25-26-46-45-19-9-12-22-57(45)64-58(46)35-42/h1-35H. The van der Waals surface area contributed by atoms with Gasteiger partial charge in [0.05, 0.1) is 11.0 Å². The second-order valence-electron chi connectivity index (χ2n) is 16.8. The van der Waals surface area contributed by atoms with Crippen molar-refractivity contribution in [2.45, 2.75) is 0 Å². The fourth-order valence-electron chi connectivity index (χ4n) is 10.2. The highest BCUT2D eigenvalue weighted by atomic mass is 32.1. The first kappa shape index (κ1) is 35.4. The van der Waals surface area contributed by atoms with Crippen LogP contribution < -0.4 is 0 Å². The van der Waals surface area contributed by atoms with Gasteiger partial charge >= 0.3 is 0 Å². The Bertz CT molecular complexity index is 3970. The Morgan fingerprint density at radius 2 is 0.734 bits per heavy atom.